The van der Waals surface area contributed by atoms with Crippen LogP contribution in [0.5, 0.6) is 0 Å². The molecule has 0 bridgehead atoms. The molecule has 2 aromatic rings. The lowest BCUT2D eigenvalue weighted by molar-refractivity contribution is 0.108. The predicted octanol–water partition coefficient (Wildman–Crippen LogP) is 2.15. The summed E-state index contributed by atoms with van der Waals surface area (Å²) < 4.78 is 10.9. The van der Waals surface area contributed by atoms with Crippen molar-refractivity contribution in [1.29, 1.82) is 0 Å². The zero-order valence-corrected chi connectivity index (χ0v) is 13.4. The number of ether oxygens (including phenoxy) is 1. The van der Waals surface area contributed by atoms with Crippen molar-refractivity contribution >= 4 is 11.3 Å². The number of methoxy groups -OCH3 is 1. The van der Waals surface area contributed by atoms with Crippen LogP contribution in [0.15, 0.2) is 9.90 Å². The number of likely N-dealkylation sites (tertiary alicyclic amines) is 1. The van der Waals surface area contributed by atoms with Gasteiger partial charge < -0.3 is 9.26 Å². The molecule has 2 atom stereocenters. The van der Waals surface area contributed by atoms with Crippen LogP contribution in [0, 0.1) is 13.8 Å². The highest BCUT2D eigenvalue weighted by molar-refractivity contribution is 7.09. The van der Waals surface area contributed by atoms with E-state index in [9.17, 15) is 0 Å². The molecule has 0 radical (unpaired) electrons. The van der Waals surface area contributed by atoms with E-state index in [1.807, 2.05) is 13.8 Å². The Morgan fingerprint density at radius 3 is 2.90 bits per heavy atom. The first-order valence-electron chi connectivity index (χ1n) is 7.13. The summed E-state index contributed by atoms with van der Waals surface area (Å²) in [4.78, 5) is 11.3. The number of thiazole rings is 1. The Kier molecular flexibility index (Phi) is 4.32. The fourth-order valence-electron chi connectivity index (χ4n) is 2.77. The van der Waals surface area contributed by atoms with Crippen LogP contribution in [0.4, 0.5) is 0 Å². The minimum absolute atomic E-state index is 0.149. The molecular weight excluding hydrogens is 288 g/mol. The van der Waals surface area contributed by atoms with Crippen molar-refractivity contribution in [2.24, 2.45) is 0 Å². The molecule has 0 amide bonds. The highest BCUT2D eigenvalue weighted by atomic mass is 32.1. The number of nitrogens with zero attached hydrogens (tertiary/aromatic N) is 4. The van der Waals surface area contributed by atoms with E-state index in [-0.39, 0.29) is 12.1 Å². The predicted molar refractivity (Wildman–Crippen MR) is 79.3 cm³/mol. The van der Waals surface area contributed by atoms with Crippen LogP contribution in [0.3, 0.4) is 0 Å². The zero-order valence-electron chi connectivity index (χ0n) is 12.6. The van der Waals surface area contributed by atoms with Crippen LogP contribution < -0.4 is 0 Å². The Labute approximate surface area is 128 Å². The molecule has 0 N–H and O–H groups in total. The van der Waals surface area contributed by atoms with E-state index in [4.69, 9.17) is 9.26 Å². The Morgan fingerprint density at radius 1 is 1.43 bits per heavy atom. The normalized spacial score (nSPS) is 23.0. The minimum Gasteiger partial charge on any atom is -0.380 e. The molecule has 0 saturated carbocycles. The van der Waals surface area contributed by atoms with E-state index < -0.39 is 0 Å². The molecule has 1 fully saturated rings. The molecule has 1 aliphatic rings. The molecule has 0 aliphatic carbocycles. The SMILES string of the molecule is CO[C@H]1C[C@H](c2nc(C)no2)N(CCc2csc(C)n2)C1. The summed E-state index contributed by atoms with van der Waals surface area (Å²) in [6, 6.07) is 0.149. The van der Waals surface area contributed by atoms with Crippen LogP contribution in [0.1, 0.15) is 34.9 Å². The second-order valence-electron chi connectivity index (χ2n) is 5.39. The van der Waals surface area contributed by atoms with Gasteiger partial charge in [-0.1, -0.05) is 5.16 Å². The molecule has 7 heteroatoms. The summed E-state index contributed by atoms with van der Waals surface area (Å²) >= 11 is 1.70. The van der Waals surface area contributed by atoms with Gasteiger partial charge in [-0.2, -0.15) is 4.98 Å². The average molecular weight is 308 g/mol. The summed E-state index contributed by atoms with van der Waals surface area (Å²) in [5.74, 6) is 1.38. The van der Waals surface area contributed by atoms with Gasteiger partial charge >= 0.3 is 0 Å². The first kappa shape index (κ1) is 14.6. The molecular formula is C14H20N4O2S. The second kappa shape index (κ2) is 6.21. The summed E-state index contributed by atoms with van der Waals surface area (Å²) in [6.45, 7) is 5.70. The highest BCUT2D eigenvalue weighted by Gasteiger charge is 2.36. The first-order chi connectivity index (χ1) is 10.2. The fourth-order valence-corrected chi connectivity index (χ4v) is 3.41. The van der Waals surface area contributed by atoms with Crippen LogP contribution in [-0.4, -0.2) is 46.3 Å². The molecule has 1 aliphatic heterocycles. The number of aryl methyl sites for hydroxylation is 2. The van der Waals surface area contributed by atoms with Crippen molar-refractivity contribution < 1.29 is 9.26 Å². The first-order valence-corrected chi connectivity index (χ1v) is 8.01. The molecule has 2 aromatic heterocycles. The van der Waals surface area contributed by atoms with Crippen LogP contribution in [0.25, 0.3) is 0 Å². The molecule has 6 nitrogen and oxygen atoms in total. The summed E-state index contributed by atoms with van der Waals surface area (Å²) in [5.41, 5.74) is 1.15. The van der Waals surface area contributed by atoms with Crippen molar-refractivity contribution in [3.8, 4) is 0 Å². The molecule has 1 saturated heterocycles. The maximum atomic E-state index is 5.51. The van der Waals surface area contributed by atoms with Gasteiger partial charge in [0.05, 0.1) is 22.8 Å². The molecule has 0 aromatic carbocycles. The van der Waals surface area contributed by atoms with E-state index in [0.29, 0.717) is 11.7 Å². The molecule has 3 rings (SSSR count). The van der Waals surface area contributed by atoms with Crippen molar-refractivity contribution in [1.82, 2.24) is 20.0 Å². The van der Waals surface area contributed by atoms with Gasteiger partial charge in [-0.05, 0) is 20.3 Å². The molecule has 0 spiro atoms. The van der Waals surface area contributed by atoms with Gasteiger partial charge in [0.25, 0.3) is 0 Å². The smallest absolute Gasteiger partial charge is 0.244 e. The molecule has 21 heavy (non-hydrogen) atoms. The Morgan fingerprint density at radius 2 is 2.29 bits per heavy atom. The van der Waals surface area contributed by atoms with Crippen molar-refractivity contribution in [2.45, 2.75) is 38.8 Å². The van der Waals surface area contributed by atoms with Gasteiger partial charge in [0.15, 0.2) is 5.82 Å². The second-order valence-corrected chi connectivity index (χ2v) is 6.45. The van der Waals surface area contributed by atoms with E-state index in [1.165, 1.54) is 0 Å². The number of aromatic nitrogens is 3. The Hall–Kier alpha value is -1.31. The largest absolute Gasteiger partial charge is 0.380 e. The quantitative estimate of drug-likeness (QED) is 0.843. The van der Waals surface area contributed by atoms with Crippen LogP contribution in [-0.2, 0) is 11.2 Å². The standard InChI is InChI=1S/C14H20N4O2S/c1-9-15-14(20-17-9)13-6-12(19-3)7-18(13)5-4-11-8-21-10(2)16-11/h8,12-13H,4-7H2,1-3H3/t12-,13+/m0/s1. The molecule has 0 unspecified atom stereocenters. The Balaban J connectivity index is 1.68. The number of hydrogen-bond donors (Lipinski definition) is 0. The van der Waals surface area contributed by atoms with Gasteiger partial charge in [-0.15, -0.1) is 11.3 Å². The fraction of sp³-hybridized carbons (Fsp3) is 0.643. The lowest BCUT2D eigenvalue weighted by Crippen LogP contribution is -2.27. The van der Waals surface area contributed by atoms with E-state index in [0.717, 1.165) is 36.6 Å². The third-order valence-corrected chi connectivity index (χ3v) is 4.67. The average Bonchev–Trinajstić information content (AvgIpc) is 3.16. The zero-order chi connectivity index (χ0) is 14.8. The lowest BCUT2D eigenvalue weighted by atomic mass is 10.2. The summed E-state index contributed by atoms with van der Waals surface area (Å²) in [7, 11) is 1.76. The molecule has 114 valence electrons. The summed E-state index contributed by atoms with van der Waals surface area (Å²) in [6.07, 6.45) is 2.05. The van der Waals surface area contributed by atoms with Gasteiger partial charge in [-0.3, -0.25) is 4.90 Å². The van der Waals surface area contributed by atoms with E-state index in [2.05, 4.69) is 25.4 Å². The van der Waals surface area contributed by atoms with E-state index >= 15 is 0 Å². The van der Waals surface area contributed by atoms with E-state index in [1.54, 1.807) is 18.4 Å². The summed E-state index contributed by atoms with van der Waals surface area (Å²) in [5, 5.41) is 7.15. The van der Waals surface area contributed by atoms with Crippen molar-refractivity contribution in [3.63, 3.8) is 0 Å². The van der Waals surface area contributed by atoms with Crippen LogP contribution >= 0.6 is 11.3 Å². The monoisotopic (exact) mass is 308 g/mol. The van der Waals surface area contributed by atoms with Gasteiger partial charge in [0.2, 0.25) is 5.89 Å². The topological polar surface area (TPSA) is 64.3 Å². The maximum absolute atomic E-state index is 5.51. The van der Waals surface area contributed by atoms with Gasteiger partial charge in [0.1, 0.15) is 0 Å². The third kappa shape index (κ3) is 3.30. The number of rotatable bonds is 5. The van der Waals surface area contributed by atoms with Gasteiger partial charge in [-0.25, -0.2) is 4.98 Å². The lowest BCUT2D eigenvalue weighted by Gasteiger charge is -2.20. The van der Waals surface area contributed by atoms with Crippen LogP contribution in [0.2, 0.25) is 0 Å². The number of hydrogen-bond acceptors (Lipinski definition) is 7. The van der Waals surface area contributed by atoms with Gasteiger partial charge in [0, 0.05) is 32.0 Å². The van der Waals surface area contributed by atoms with Crippen molar-refractivity contribution in [3.05, 3.63) is 27.8 Å². The minimum atomic E-state index is 0.149. The third-order valence-electron chi connectivity index (χ3n) is 3.85. The maximum Gasteiger partial charge on any atom is 0.244 e. The Bertz CT molecular complexity index is 597. The highest BCUT2D eigenvalue weighted by Crippen LogP contribution is 2.32. The molecule has 3 heterocycles. The van der Waals surface area contributed by atoms with Crippen molar-refractivity contribution in [2.75, 3.05) is 20.2 Å².